The Labute approximate surface area is 355 Å². The Bertz CT molecular complexity index is 2830. The van der Waals surface area contributed by atoms with E-state index in [0.717, 1.165) is 61.4 Å². The number of benzene rings is 5. The second-order valence-corrected chi connectivity index (χ2v) is 21.3. The first kappa shape index (κ1) is 40.7. The Morgan fingerprint density at radius 3 is 2.09 bits per heavy atom. The van der Waals surface area contributed by atoms with Crippen molar-refractivity contribution in [2.75, 3.05) is 0 Å². The Hall–Kier alpha value is -5.53. The smallest absolute Gasteiger partial charge is 0.158 e. The van der Waals surface area contributed by atoms with Crippen LogP contribution in [0.3, 0.4) is 0 Å². The van der Waals surface area contributed by atoms with Gasteiger partial charge in [0.05, 0.1) is 25.7 Å². The van der Waals surface area contributed by atoms with Crippen LogP contribution in [-0.2, 0) is 20.1 Å². The molecular weight excluding hydrogens is 907 g/mol. The van der Waals surface area contributed by atoms with Gasteiger partial charge in [0, 0.05) is 37.4 Å². The van der Waals surface area contributed by atoms with Crippen LogP contribution >= 0.6 is 0 Å². The number of imidazole rings is 1. The maximum Gasteiger partial charge on any atom is 0.158 e. The molecule has 58 heavy (non-hydrogen) atoms. The second-order valence-electron chi connectivity index (χ2n) is 16.3. The van der Waals surface area contributed by atoms with E-state index >= 15 is 0 Å². The van der Waals surface area contributed by atoms with E-state index in [2.05, 4.69) is 154 Å². The van der Waals surface area contributed by atoms with Crippen LogP contribution in [0.4, 0.5) is 0 Å². The van der Waals surface area contributed by atoms with E-state index in [1.165, 1.54) is 33.0 Å². The molecule has 0 aliphatic heterocycles. The van der Waals surface area contributed by atoms with Crippen molar-refractivity contribution in [2.45, 2.75) is 66.1 Å². The second kappa shape index (κ2) is 16.7. The number of hydrogen-bond acceptors (Lipinski definition) is 5. The molecule has 0 bridgehead atoms. The van der Waals surface area contributed by atoms with Gasteiger partial charge in [-0.05, 0) is 70.1 Å². The van der Waals surface area contributed by atoms with Crippen molar-refractivity contribution in [3.63, 3.8) is 0 Å². The summed E-state index contributed by atoms with van der Waals surface area (Å²) in [5.41, 5.74) is 13.4. The summed E-state index contributed by atoms with van der Waals surface area (Å²) < 4.78 is 8.64. The van der Waals surface area contributed by atoms with E-state index in [0.29, 0.717) is 0 Å². The summed E-state index contributed by atoms with van der Waals surface area (Å²) in [5.74, 6) is 1.26. The molecule has 9 aromatic rings. The van der Waals surface area contributed by atoms with Crippen LogP contribution in [0.1, 0.15) is 56.2 Å². The molecule has 0 saturated carbocycles. The van der Waals surface area contributed by atoms with Crippen LogP contribution in [0.2, 0.25) is 19.6 Å². The number of nitrogens with zero attached hydrogens (tertiary/aromatic N) is 5. The van der Waals surface area contributed by atoms with Crippen LogP contribution in [0.5, 0.6) is 0 Å². The largest absolute Gasteiger partial charge is 0.501 e. The van der Waals surface area contributed by atoms with Gasteiger partial charge in [0.1, 0.15) is 17.4 Å². The zero-order valence-electron chi connectivity index (χ0n) is 34.3. The van der Waals surface area contributed by atoms with Crippen LogP contribution in [0.25, 0.3) is 72.6 Å². The molecule has 4 aromatic heterocycles. The predicted molar refractivity (Wildman–Crippen MR) is 238 cm³/mol. The summed E-state index contributed by atoms with van der Waals surface area (Å²) in [7, 11) is -1.27. The monoisotopic (exact) mass is 954 g/mol. The molecule has 0 aliphatic rings. The molecule has 0 fully saturated rings. The Morgan fingerprint density at radius 1 is 0.707 bits per heavy atom. The average Bonchev–Trinajstić information content (AvgIpc) is 3.79. The van der Waals surface area contributed by atoms with Gasteiger partial charge in [-0.25, -0.2) is 9.97 Å². The summed E-state index contributed by atoms with van der Waals surface area (Å²) in [6.45, 7) is 18.2. The first-order valence-electron chi connectivity index (χ1n) is 19.7. The fourth-order valence-corrected chi connectivity index (χ4v) is 9.43. The molecule has 0 aliphatic carbocycles. The molecule has 0 unspecified atom stereocenters. The van der Waals surface area contributed by atoms with E-state index < -0.39 is 8.07 Å². The quantitative estimate of drug-likeness (QED) is 0.118. The summed E-state index contributed by atoms with van der Waals surface area (Å²) in [4.78, 5) is 18.7. The summed E-state index contributed by atoms with van der Waals surface area (Å²) in [6, 6.07) is 44.2. The van der Waals surface area contributed by atoms with Crippen molar-refractivity contribution in [3.05, 3.63) is 157 Å². The fraction of sp³-hybridized carbons (Fsp3) is 0.200. The topological polar surface area (TPSA) is 69.6 Å². The summed E-state index contributed by atoms with van der Waals surface area (Å²) >= 11 is 0. The minimum absolute atomic E-state index is 0. The number of rotatable bonds is 7. The predicted octanol–water partition coefficient (Wildman–Crippen LogP) is 12.5. The van der Waals surface area contributed by atoms with E-state index in [1.54, 1.807) is 12.5 Å². The van der Waals surface area contributed by atoms with E-state index in [1.807, 2.05) is 42.5 Å². The van der Waals surface area contributed by atoms with Crippen molar-refractivity contribution in [1.29, 1.82) is 0 Å². The molecule has 1 radical (unpaired) electrons. The van der Waals surface area contributed by atoms with E-state index in [-0.39, 0.29) is 31.9 Å². The van der Waals surface area contributed by atoms with Crippen LogP contribution in [-0.4, -0.2) is 32.6 Å². The molecule has 0 N–H and O–H groups in total. The number of hydrogen-bond donors (Lipinski definition) is 0. The van der Waals surface area contributed by atoms with Gasteiger partial charge >= 0.3 is 0 Å². The molecule has 9 rings (SSSR count). The van der Waals surface area contributed by atoms with Gasteiger partial charge in [-0.15, -0.1) is 54.1 Å². The third-order valence-corrected chi connectivity index (χ3v) is 12.7. The van der Waals surface area contributed by atoms with Crippen molar-refractivity contribution in [1.82, 2.24) is 24.5 Å². The molecule has 5 aromatic carbocycles. The summed E-state index contributed by atoms with van der Waals surface area (Å²) in [5, 5.41) is 3.56. The standard InChI is InChI=1S/C35H29N4O.C15H18NSi.Ir/c1-21(2)28-17-24(23-11-6-5-7-12-23)18-29(22(3)4)32(28)39-34(38-30-19-36-20-37-35(30)39)27-15-10-14-26-25-13-8-9-16-31(25)40-33(26)27;1-12-10-14(13-8-6-5-7-9-13)16-11-15(12)17(2,3)4;/h5-14,16-22H,1-4H3;5-8,10-11H,1-4H3;/q2*-1;. The van der Waals surface area contributed by atoms with Gasteiger partial charge < -0.3 is 14.0 Å². The van der Waals surface area contributed by atoms with Gasteiger partial charge in [0.25, 0.3) is 0 Å². The number of pyridine rings is 1. The molecule has 0 saturated heterocycles. The van der Waals surface area contributed by atoms with Crippen molar-refractivity contribution < 1.29 is 24.5 Å². The summed E-state index contributed by atoms with van der Waals surface area (Å²) in [6.07, 6.45) is 5.43. The molecule has 0 amide bonds. The minimum atomic E-state index is -1.27. The molecular formula is C50H47IrN5OSi-2. The third kappa shape index (κ3) is 7.84. The molecule has 4 heterocycles. The number of aromatic nitrogens is 5. The molecule has 6 nitrogen and oxygen atoms in total. The molecule has 0 spiro atoms. The number of para-hydroxylation sites is 1. The van der Waals surface area contributed by atoms with Crippen LogP contribution < -0.4 is 5.19 Å². The minimum Gasteiger partial charge on any atom is -0.501 e. The van der Waals surface area contributed by atoms with Crippen molar-refractivity contribution in [3.8, 4) is 39.5 Å². The van der Waals surface area contributed by atoms with Crippen LogP contribution in [0.15, 0.2) is 132 Å². The normalized spacial score (nSPS) is 11.6. The average molecular weight is 954 g/mol. The number of fused-ring (bicyclic) bond motifs is 4. The van der Waals surface area contributed by atoms with E-state index in [9.17, 15) is 0 Å². The zero-order valence-corrected chi connectivity index (χ0v) is 37.7. The Morgan fingerprint density at radius 2 is 1.41 bits per heavy atom. The van der Waals surface area contributed by atoms with Gasteiger partial charge in [0.2, 0.25) is 0 Å². The molecule has 0 atom stereocenters. The van der Waals surface area contributed by atoms with Gasteiger partial charge in [0.15, 0.2) is 5.65 Å². The first-order valence-corrected chi connectivity index (χ1v) is 23.2. The van der Waals surface area contributed by atoms with E-state index in [4.69, 9.17) is 14.4 Å². The van der Waals surface area contributed by atoms with Crippen molar-refractivity contribution >= 4 is 46.4 Å². The van der Waals surface area contributed by atoms with Crippen molar-refractivity contribution in [2.24, 2.45) is 0 Å². The maximum absolute atomic E-state index is 6.44. The molecule has 293 valence electrons. The Kier molecular flexibility index (Phi) is 11.7. The Balaban J connectivity index is 0.000000240. The SMILES string of the molecule is CC(C)c1cc(-c2ccccc2)cc(C(C)C)c1-n1c(-c2[c-]ccc3c2oc2ccccc23)nc2cncnc21.Cc1cc(-c2[c-]cccc2)ncc1[Si](C)(C)C.[Ir]. The number of furan rings is 1. The third-order valence-electron chi connectivity index (χ3n) is 10.5. The molecule has 8 heteroatoms. The maximum atomic E-state index is 6.44. The van der Waals surface area contributed by atoms with Gasteiger partial charge in [-0.3, -0.25) is 4.98 Å². The number of aryl methyl sites for hydroxylation is 1. The fourth-order valence-electron chi connectivity index (χ4n) is 7.72. The van der Waals surface area contributed by atoms with Gasteiger partial charge in [-0.2, -0.15) is 0 Å². The van der Waals surface area contributed by atoms with Gasteiger partial charge in [-0.1, -0.05) is 118 Å². The first-order chi connectivity index (χ1) is 27.5. The van der Waals surface area contributed by atoms with Crippen LogP contribution in [0, 0.1) is 19.1 Å². The zero-order chi connectivity index (χ0) is 39.8.